The molecule has 3 rings (SSSR count). The van der Waals surface area contributed by atoms with Crippen molar-refractivity contribution in [3.63, 3.8) is 0 Å². The van der Waals surface area contributed by atoms with E-state index in [1.165, 1.54) is 49.2 Å². The van der Waals surface area contributed by atoms with Crippen molar-refractivity contribution >= 4 is 73.9 Å². The molecule has 0 aromatic heterocycles. The Morgan fingerprint density at radius 3 is 2.03 bits per heavy atom. The summed E-state index contributed by atoms with van der Waals surface area (Å²) in [6.45, 7) is 0.693. The molecule has 0 heterocycles. The molecule has 3 aromatic rings. The van der Waals surface area contributed by atoms with Crippen molar-refractivity contribution in [2.24, 2.45) is 0 Å². The maximum atomic E-state index is 13.8. The molecule has 37 heavy (non-hydrogen) atoms. The van der Waals surface area contributed by atoms with Crippen LogP contribution >= 0.6 is 46.4 Å². The highest BCUT2D eigenvalue weighted by atomic mass is 35.5. The van der Waals surface area contributed by atoms with Crippen molar-refractivity contribution in [2.45, 2.75) is 24.4 Å². The molecule has 0 aliphatic heterocycles. The summed E-state index contributed by atoms with van der Waals surface area (Å²) in [5, 5.41) is 3.15. The molecule has 0 bridgehead atoms. The number of hydrogen-bond donors (Lipinski definition) is 1. The molecule has 0 spiro atoms. The van der Waals surface area contributed by atoms with Gasteiger partial charge in [-0.1, -0.05) is 76.7 Å². The highest BCUT2D eigenvalue weighted by Crippen LogP contribution is 2.36. The zero-order valence-electron chi connectivity index (χ0n) is 19.8. The van der Waals surface area contributed by atoms with Crippen LogP contribution < -0.4 is 9.62 Å². The molecule has 196 valence electrons. The van der Waals surface area contributed by atoms with Gasteiger partial charge in [-0.25, -0.2) is 8.42 Å². The third kappa shape index (κ3) is 6.51. The van der Waals surface area contributed by atoms with Gasteiger partial charge in [0.2, 0.25) is 11.8 Å². The number of anilines is 1. The number of hydrogen-bond acceptors (Lipinski definition) is 4. The fraction of sp³-hybridized carbons (Fsp3) is 0.200. The first kappa shape index (κ1) is 29.1. The number of halogens is 4. The van der Waals surface area contributed by atoms with E-state index in [1.807, 2.05) is 0 Å². The number of benzene rings is 3. The molecule has 0 fully saturated rings. The summed E-state index contributed by atoms with van der Waals surface area (Å²) in [6, 6.07) is 15.9. The fourth-order valence-corrected chi connectivity index (χ4v) is 5.97. The van der Waals surface area contributed by atoms with E-state index in [0.717, 1.165) is 4.31 Å². The summed E-state index contributed by atoms with van der Waals surface area (Å²) in [5.41, 5.74) is 0.419. The minimum Gasteiger partial charge on any atom is -0.357 e. The van der Waals surface area contributed by atoms with Crippen LogP contribution in [-0.4, -0.2) is 44.8 Å². The average Bonchev–Trinajstić information content (AvgIpc) is 2.88. The average molecular weight is 603 g/mol. The summed E-state index contributed by atoms with van der Waals surface area (Å²) >= 11 is 25.2. The van der Waals surface area contributed by atoms with Crippen LogP contribution in [0.2, 0.25) is 20.1 Å². The lowest BCUT2D eigenvalue weighted by Gasteiger charge is -2.32. The van der Waals surface area contributed by atoms with Crippen LogP contribution in [0.5, 0.6) is 0 Å². The molecule has 0 unspecified atom stereocenters. The second kappa shape index (κ2) is 12.4. The lowest BCUT2D eigenvalue weighted by molar-refractivity contribution is -0.139. The second-order valence-electron chi connectivity index (χ2n) is 7.91. The molecule has 3 aromatic carbocycles. The molecule has 0 saturated heterocycles. The molecule has 0 aliphatic carbocycles. The van der Waals surface area contributed by atoms with Crippen molar-refractivity contribution in [3.8, 4) is 0 Å². The number of carbonyl (C=O) groups is 2. The topological polar surface area (TPSA) is 86.8 Å². The SMILES string of the molecule is CNC(=O)[C@H](C)N(Cc1c(Cl)cccc1Cl)C(=O)CN(c1cccc(Cl)c1Cl)S(=O)(=O)c1ccccc1. The first-order valence-corrected chi connectivity index (χ1v) is 13.9. The van der Waals surface area contributed by atoms with Crippen molar-refractivity contribution in [2.75, 3.05) is 17.9 Å². The molecule has 1 atom stereocenters. The van der Waals surface area contributed by atoms with E-state index < -0.39 is 34.4 Å². The lowest BCUT2D eigenvalue weighted by atomic mass is 10.1. The highest BCUT2D eigenvalue weighted by molar-refractivity contribution is 7.92. The first-order chi connectivity index (χ1) is 17.5. The van der Waals surface area contributed by atoms with Crippen LogP contribution in [0, 0.1) is 0 Å². The largest absolute Gasteiger partial charge is 0.357 e. The number of likely N-dealkylation sites (N-methyl/N-ethyl adjacent to an activating group) is 1. The normalized spacial score (nSPS) is 12.1. The standard InChI is InChI=1S/C25H23Cl4N3O4S/c1-16(25(34)30-2)31(14-18-19(26)10-6-11-20(18)27)23(33)15-32(22-13-7-12-21(28)24(22)29)37(35,36)17-8-4-3-5-9-17/h3-13,16H,14-15H2,1-2H3,(H,30,34)/t16-/m0/s1. The van der Waals surface area contributed by atoms with E-state index in [0.29, 0.717) is 15.6 Å². The Morgan fingerprint density at radius 1 is 0.865 bits per heavy atom. The van der Waals surface area contributed by atoms with Gasteiger partial charge in [-0.05, 0) is 43.3 Å². The van der Waals surface area contributed by atoms with Crippen molar-refractivity contribution in [3.05, 3.63) is 92.4 Å². The number of sulfonamides is 1. The summed E-state index contributed by atoms with van der Waals surface area (Å²) in [7, 11) is -2.84. The molecule has 1 N–H and O–H groups in total. The van der Waals surface area contributed by atoms with Crippen molar-refractivity contribution in [1.29, 1.82) is 0 Å². The number of nitrogens with one attached hydrogen (secondary N) is 1. The monoisotopic (exact) mass is 601 g/mol. The summed E-state index contributed by atoms with van der Waals surface area (Å²) in [4.78, 5) is 27.5. The zero-order valence-corrected chi connectivity index (χ0v) is 23.6. The smallest absolute Gasteiger partial charge is 0.264 e. The van der Waals surface area contributed by atoms with Gasteiger partial charge in [-0.3, -0.25) is 13.9 Å². The maximum Gasteiger partial charge on any atom is 0.264 e. The number of carbonyl (C=O) groups excluding carboxylic acids is 2. The van der Waals surface area contributed by atoms with Crippen molar-refractivity contribution < 1.29 is 18.0 Å². The first-order valence-electron chi connectivity index (χ1n) is 10.9. The summed E-state index contributed by atoms with van der Waals surface area (Å²) < 4.78 is 28.3. The highest BCUT2D eigenvalue weighted by Gasteiger charge is 2.34. The molecular weight excluding hydrogens is 580 g/mol. The Morgan fingerprint density at radius 2 is 1.43 bits per heavy atom. The van der Waals surface area contributed by atoms with Crippen LogP contribution in [0.3, 0.4) is 0 Å². The van der Waals surface area contributed by atoms with Gasteiger partial charge in [-0.15, -0.1) is 0 Å². The Kier molecular flexibility index (Phi) is 9.72. The minimum absolute atomic E-state index is 0.00897. The van der Waals surface area contributed by atoms with Crippen LogP contribution in [-0.2, 0) is 26.2 Å². The van der Waals surface area contributed by atoms with Crippen LogP contribution in [0.15, 0.2) is 71.6 Å². The summed E-state index contributed by atoms with van der Waals surface area (Å²) in [5.74, 6) is -1.16. The van der Waals surface area contributed by atoms with E-state index in [4.69, 9.17) is 46.4 Å². The Balaban J connectivity index is 2.10. The molecule has 0 radical (unpaired) electrons. The summed E-state index contributed by atoms with van der Waals surface area (Å²) in [6.07, 6.45) is 0. The zero-order chi connectivity index (χ0) is 27.3. The number of rotatable bonds is 9. The second-order valence-corrected chi connectivity index (χ2v) is 11.4. The molecular formula is C25H23Cl4N3O4S. The van der Waals surface area contributed by atoms with E-state index in [2.05, 4.69) is 5.32 Å². The Bertz CT molecular complexity index is 1380. The van der Waals surface area contributed by atoms with Gasteiger partial charge in [0.15, 0.2) is 0 Å². The van der Waals surface area contributed by atoms with Gasteiger partial charge < -0.3 is 10.2 Å². The minimum atomic E-state index is -4.27. The van der Waals surface area contributed by atoms with Gasteiger partial charge >= 0.3 is 0 Å². The third-order valence-corrected chi connectivity index (χ3v) is 8.90. The van der Waals surface area contributed by atoms with E-state index in [9.17, 15) is 18.0 Å². The number of nitrogens with zero attached hydrogens (tertiary/aromatic N) is 2. The van der Waals surface area contributed by atoms with Crippen LogP contribution in [0.4, 0.5) is 5.69 Å². The van der Waals surface area contributed by atoms with Gasteiger partial charge in [0.25, 0.3) is 10.0 Å². The van der Waals surface area contributed by atoms with Gasteiger partial charge in [0.1, 0.15) is 12.6 Å². The van der Waals surface area contributed by atoms with Crippen molar-refractivity contribution in [1.82, 2.24) is 10.2 Å². The van der Waals surface area contributed by atoms with Crippen LogP contribution in [0.25, 0.3) is 0 Å². The molecule has 0 aliphatic rings. The predicted octanol–water partition coefficient (Wildman–Crippen LogP) is 5.66. The molecule has 0 saturated carbocycles. The molecule has 2 amide bonds. The predicted molar refractivity (Wildman–Crippen MR) is 148 cm³/mol. The Hall–Kier alpha value is -2.49. The van der Waals surface area contributed by atoms with E-state index >= 15 is 0 Å². The molecule has 12 heteroatoms. The molecule has 7 nitrogen and oxygen atoms in total. The van der Waals surface area contributed by atoms with Gasteiger partial charge in [0, 0.05) is 29.2 Å². The van der Waals surface area contributed by atoms with E-state index in [-0.39, 0.29) is 27.2 Å². The fourth-order valence-electron chi connectivity index (χ4n) is 3.56. The lowest BCUT2D eigenvalue weighted by Crippen LogP contribution is -2.50. The maximum absolute atomic E-state index is 13.8. The Labute approximate surface area is 235 Å². The van der Waals surface area contributed by atoms with Gasteiger partial charge in [0.05, 0.1) is 20.6 Å². The third-order valence-electron chi connectivity index (χ3n) is 5.61. The van der Waals surface area contributed by atoms with Gasteiger partial charge in [-0.2, -0.15) is 0 Å². The quantitative estimate of drug-likeness (QED) is 0.342. The number of amides is 2. The van der Waals surface area contributed by atoms with E-state index in [1.54, 1.807) is 36.4 Å². The van der Waals surface area contributed by atoms with Crippen LogP contribution in [0.1, 0.15) is 12.5 Å².